The molecule has 1 aromatic rings. The summed E-state index contributed by atoms with van der Waals surface area (Å²) in [5.74, 6) is -1.27. The molecule has 2 N–H and O–H groups in total. The summed E-state index contributed by atoms with van der Waals surface area (Å²) >= 11 is 0. The lowest BCUT2D eigenvalue weighted by molar-refractivity contribution is -0.141. The van der Waals surface area contributed by atoms with E-state index in [1.807, 2.05) is 6.92 Å². The van der Waals surface area contributed by atoms with Crippen LogP contribution in [0.4, 0.5) is 0 Å². The van der Waals surface area contributed by atoms with Crippen molar-refractivity contribution in [1.82, 2.24) is 15.1 Å². The van der Waals surface area contributed by atoms with Crippen molar-refractivity contribution >= 4 is 11.9 Å². The third kappa shape index (κ3) is 2.69. The molecule has 2 atom stereocenters. The molecule has 1 aromatic heterocycles. The molecule has 1 saturated carbocycles. The Hall–Kier alpha value is -1.85. The smallest absolute Gasteiger partial charge is 0.306 e. The number of rotatable bonds is 4. The van der Waals surface area contributed by atoms with Gasteiger partial charge >= 0.3 is 5.97 Å². The molecule has 6 heteroatoms. The average Bonchev–Trinajstić information content (AvgIpc) is 2.96. The second kappa shape index (κ2) is 5.20. The summed E-state index contributed by atoms with van der Waals surface area (Å²) in [6.45, 7) is 2.67. The fourth-order valence-corrected chi connectivity index (χ4v) is 2.26. The minimum atomic E-state index is -0.773. The zero-order valence-electron chi connectivity index (χ0n) is 10.3. The molecule has 0 unspecified atom stereocenters. The van der Waals surface area contributed by atoms with E-state index in [0.717, 1.165) is 13.0 Å². The molecular weight excluding hydrogens is 234 g/mol. The largest absolute Gasteiger partial charge is 0.481 e. The topological polar surface area (TPSA) is 84.2 Å². The summed E-state index contributed by atoms with van der Waals surface area (Å²) in [6.07, 6.45) is 5.10. The third-order valence-electron chi connectivity index (χ3n) is 3.34. The lowest BCUT2D eigenvalue weighted by Crippen LogP contribution is -2.33. The maximum atomic E-state index is 11.9. The van der Waals surface area contributed by atoms with Gasteiger partial charge in [0.25, 0.3) is 5.91 Å². The SMILES string of the molecule is CCn1cc(C(=O)N[C@H]2CC[C@@H](C(=O)O)C2)cn1. The number of aliphatic carboxylic acids is 1. The van der Waals surface area contributed by atoms with Crippen LogP contribution in [0.5, 0.6) is 0 Å². The van der Waals surface area contributed by atoms with Crippen molar-refractivity contribution in [3.05, 3.63) is 18.0 Å². The number of carboxylic acids is 1. The van der Waals surface area contributed by atoms with Crippen molar-refractivity contribution in [2.24, 2.45) is 5.92 Å². The van der Waals surface area contributed by atoms with Crippen molar-refractivity contribution in [2.75, 3.05) is 0 Å². The van der Waals surface area contributed by atoms with Gasteiger partial charge in [-0.1, -0.05) is 0 Å². The fraction of sp³-hybridized carbons (Fsp3) is 0.583. The van der Waals surface area contributed by atoms with Crippen LogP contribution in [0.2, 0.25) is 0 Å². The van der Waals surface area contributed by atoms with Crippen LogP contribution in [-0.4, -0.2) is 32.8 Å². The Morgan fingerprint density at radius 3 is 2.89 bits per heavy atom. The number of amides is 1. The molecule has 0 aliphatic heterocycles. The van der Waals surface area contributed by atoms with Crippen LogP contribution < -0.4 is 5.32 Å². The number of nitrogens with zero attached hydrogens (tertiary/aromatic N) is 2. The van der Waals surface area contributed by atoms with Crippen LogP contribution in [0.3, 0.4) is 0 Å². The van der Waals surface area contributed by atoms with Gasteiger partial charge in [-0.3, -0.25) is 14.3 Å². The Morgan fingerprint density at radius 1 is 1.56 bits per heavy atom. The number of hydrogen-bond acceptors (Lipinski definition) is 3. The number of aromatic nitrogens is 2. The van der Waals surface area contributed by atoms with Crippen molar-refractivity contribution in [3.63, 3.8) is 0 Å². The number of carbonyl (C=O) groups is 2. The van der Waals surface area contributed by atoms with Gasteiger partial charge in [0, 0.05) is 18.8 Å². The van der Waals surface area contributed by atoms with Crippen LogP contribution in [0.1, 0.15) is 36.5 Å². The fourth-order valence-electron chi connectivity index (χ4n) is 2.26. The molecule has 0 spiro atoms. The van der Waals surface area contributed by atoms with Gasteiger partial charge in [0.1, 0.15) is 0 Å². The molecule has 1 amide bonds. The number of carboxylic acid groups (broad SMARTS) is 1. The van der Waals surface area contributed by atoms with E-state index in [1.165, 1.54) is 6.20 Å². The number of hydrogen-bond donors (Lipinski definition) is 2. The zero-order valence-corrected chi connectivity index (χ0v) is 10.3. The van der Waals surface area contributed by atoms with Crippen molar-refractivity contribution in [2.45, 2.75) is 38.8 Å². The molecule has 1 aliphatic carbocycles. The Kier molecular flexibility index (Phi) is 3.64. The molecule has 1 aliphatic rings. The highest BCUT2D eigenvalue weighted by Crippen LogP contribution is 2.25. The van der Waals surface area contributed by atoms with E-state index in [0.29, 0.717) is 18.4 Å². The molecule has 1 fully saturated rings. The second-order valence-corrected chi connectivity index (χ2v) is 4.60. The summed E-state index contributed by atoms with van der Waals surface area (Å²) < 4.78 is 1.68. The van der Waals surface area contributed by atoms with Gasteiger partial charge in [-0.05, 0) is 26.2 Å². The van der Waals surface area contributed by atoms with Gasteiger partial charge in [0.2, 0.25) is 0 Å². The minimum absolute atomic E-state index is 0.0384. The van der Waals surface area contributed by atoms with Gasteiger partial charge in [-0.25, -0.2) is 0 Å². The first-order chi connectivity index (χ1) is 8.60. The predicted octanol–water partition coefficient (Wildman–Crippen LogP) is 0.886. The molecule has 0 bridgehead atoms. The van der Waals surface area contributed by atoms with Gasteiger partial charge < -0.3 is 10.4 Å². The van der Waals surface area contributed by atoms with E-state index in [2.05, 4.69) is 10.4 Å². The van der Waals surface area contributed by atoms with E-state index in [1.54, 1.807) is 10.9 Å². The maximum absolute atomic E-state index is 11.9. The predicted molar refractivity (Wildman–Crippen MR) is 64.1 cm³/mol. The van der Waals surface area contributed by atoms with Crippen LogP contribution in [-0.2, 0) is 11.3 Å². The summed E-state index contributed by atoms with van der Waals surface area (Å²) in [4.78, 5) is 22.7. The van der Waals surface area contributed by atoms with E-state index >= 15 is 0 Å². The summed E-state index contributed by atoms with van der Waals surface area (Å²) in [5.41, 5.74) is 0.524. The molecule has 6 nitrogen and oxygen atoms in total. The van der Waals surface area contributed by atoms with Gasteiger partial charge in [-0.15, -0.1) is 0 Å². The average molecular weight is 251 g/mol. The third-order valence-corrected chi connectivity index (χ3v) is 3.34. The van der Waals surface area contributed by atoms with E-state index in [4.69, 9.17) is 5.11 Å². The Morgan fingerprint density at radius 2 is 2.33 bits per heavy atom. The van der Waals surface area contributed by atoms with Crippen molar-refractivity contribution in [3.8, 4) is 0 Å². The summed E-state index contributed by atoms with van der Waals surface area (Å²) in [6, 6.07) is -0.0384. The summed E-state index contributed by atoms with van der Waals surface area (Å²) in [7, 11) is 0. The molecular formula is C12H17N3O3. The van der Waals surface area contributed by atoms with Crippen LogP contribution in [0, 0.1) is 5.92 Å². The highest BCUT2D eigenvalue weighted by atomic mass is 16.4. The van der Waals surface area contributed by atoms with E-state index in [-0.39, 0.29) is 17.9 Å². The molecule has 98 valence electrons. The molecule has 0 aromatic carbocycles. The highest BCUT2D eigenvalue weighted by Gasteiger charge is 2.30. The molecule has 2 rings (SSSR count). The lowest BCUT2D eigenvalue weighted by Gasteiger charge is -2.11. The maximum Gasteiger partial charge on any atom is 0.306 e. The van der Waals surface area contributed by atoms with Crippen LogP contribution >= 0.6 is 0 Å². The Labute approximate surface area is 105 Å². The number of aryl methyl sites for hydroxylation is 1. The van der Waals surface area contributed by atoms with Crippen molar-refractivity contribution < 1.29 is 14.7 Å². The highest BCUT2D eigenvalue weighted by molar-refractivity contribution is 5.93. The first-order valence-corrected chi connectivity index (χ1v) is 6.16. The molecule has 18 heavy (non-hydrogen) atoms. The lowest BCUT2D eigenvalue weighted by atomic mass is 10.1. The quantitative estimate of drug-likeness (QED) is 0.832. The van der Waals surface area contributed by atoms with Crippen molar-refractivity contribution in [1.29, 1.82) is 0 Å². The number of carbonyl (C=O) groups excluding carboxylic acids is 1. The Bertz CT molecular complexity index is 455. The molecule has 0 radical (unpaired) electrons. The number of nitrogens with one attached hydrogen (secondary N) is 1. The minimum Gasteiger partial charge on any atom is -0.481 e. The normalized spacial score (nSPS) is 22.9. The molecule has 1 heterocycles. The van der Waals surface area contributed by atoms with E-state index < -0.39 is 5.97 Å². The standard InChI is InChI=1S/C12H17N3O3/c1-2-15-7-9(6-13-15)11(16)14-10-4-3-8(5-10)12(17)18/h6-8,10H,2-5H2,1H3,(H,14,16)(H,17,18)/t8-,10+/m1/s1. The molecule has 0 saturated heterocycles. The van der Waals surface area contributed by atoms with Gasteiger partial charge in [0.15, 0.2) is 0 Å². The second-order valence-electron chi connectivity index (χ2n) is 4.60. The van der Waals surface area contributed by atoms with Crippen LogP contribution in [0.15, 0.2) is 12.4 Å². The van der Waals surface area contributed by atoms with E-state index in [9.17, 15) is 9.59 Å². The summed E-state index contributed by atoms with van der Waals surface area (Å²) in [5, 5.41) is 15.8. The van der Waals surface area contributed by atoms with Crippen LogP contribution in [0.25, 0.3) is 0 Å². The monoisotopic (exact) mass is 251 g/mol. The van der Waals surface area contributed by atoms with Gasteiger partial charge in [0.05, 0.1) is 17.7 Å². The first kappa shape index (κ1) is 12.6. The Balaban J connectivity index is 1.90. The first-order valence-electron chi connectivity index (χ1n) is 6.16. The van der Waals surface area contributed by atoms with Gasteiger partial charge in [-0.2, -0.15) is 5.10 Å². The zero-order chi connectivity index (χ0) is 13.1.